The lowest BCUT2D eigenvalue weighted by Crippen LogP contribution is -2.57. The molecule has 6 heteroatoms. The molecule has 0 aromatic rings. The first kappa shape index (κ1) is 11.3. The number of nitrogens with one attached hydrogen (secondary N) is 2. The van der Waals surface area contributed by atoms with Crippen molar-refractivity contribution in [1.82, 2.24) is 15.5 Å². The van der Waals surface area contributed by atoms with Crippen molar-refractivity contribution in [3.8, 4) is 6.07 Å². The van der Waals surface area contributed by atoms with Crippen LogP contribution in [0.4, 0.5) is 4.39 Å². The molecule has 0 radical (unpaired) electrons. The zero-order valence-corrected chi connectivity index (χ0v) is 8.95. The van der Waals surface area contributed by atoms with Gasteiger partial charge in [0, 0.05) is 25.6 Å². The number of alkyl halides is 1. The maximum atomic E-state index is 13.1. The van der Waals surface area contributed by atoms with E-state index in [1.807, 2.05) is 6.07 Å². The lowest BCUT2D eigenvalue weighted by atomic mass is 10.2. The average Bonchev–Trinajstić information content (AvgIpc) is 2.57. The van der Waals surface area contributed by atoms with E-state index in [9.17, 15) is 9.18 Å². The predicted octanol–water partition coefficient (Wildman–Crippen LogP) is -0.990. The second kappa shape index (κ2) is 4.76. The van der Waals surface area contributed by atoms with Gasteiger partial charge in [-0.25, -0.2) is 4.39 Å². The number of carbonyl (C=O) groups is 1. The SMILES string of the molecule is N#CC1CC(F)CN1C(=O)CNC1CNC1. The highest BCUT2D eigenvalue weighted by Gasteiger charge is 2.35. The smallest absolute Gasteiger partial charge is 0.237 e. The fourth-order valence-corrected chi connectivity index (χ4v) is 1.95. The van der Waals surface area contributed by atoms with Crippen molar-refractivity contribution in [2.45, 2.75) is 24.7 Å². The van der Waals surface area contributed by atoms with Crippen LogP contribution >= 0.6 is 0 Å². The molecule has 1 amide bonds. The summed E-state index contributed by atoms with van der Waals surface area (Å²) in [6.07, 6.45) is -0.910. The third-order valence-electron chi connectivity index (χ3n) is 3.04. The first-order chi connectivity index (χ1) is 7.70. The summed E-state index contributed by atoms with van der Waals surface area (Å²) in [5, 5.41) is 14.9. The standard InChI is InChI=1S/C10H15FN4O/c11-7-1-9(2-12)15(6-7)10(16)5-14-8-3-13-4-8/h7-9,13-14H,1,3-6H2. The number of likely N-dealkylation sites (tertiary alicyclic amines) is 1. The van der Waals surface area contributed by atoms with E-state index in [4.69, 9.17) is 5.26 Å². The van der Waals surface area contributed by atoms with Gasteiger partial charge in [0.25, 0.3) is 0 Å². The van der Waals surface area contributed by atoms with Crippen LogP contribution in [0.15, 0.2) is 0 Å². The molecule has 16 heavy (non-hydrogen) atoms. The molecule has 2 rings (SSSR count). The van der Waals surface area contributed by atoms with Crippen molar-refractivity contribution >= 4 is 5.91 Å². The topological polar surface area (TPSA) is 68.2 Å². The molecule has 2 aliphatic rings. The van der Waals surface area contributed by atoms with E-state index in [1.165, 1.54) is 4.90 Å². The van der Waals surface area contributed by atoms with Gasteiger partial charge in [0.1, 0.15) is 12.2 Å². The van der Waals surface area contributed by atoms with E-state index in [2.05, 4.69) is 10.6 Å². The fourth-order valence-electron chi connectivity index (χ4n) is 1.95. The first-order valence-corrected chi connectivity index (χ1v) is 5.48. The molecule has 0 aromatic heterocycles. The van der Waals surface area contributed by atoms with E-state index in [0.717, 1.165) is 13.1 Å². The van der Waals surface area contributed by atoms with Crippen LogP contribution in [-0.2, 0) is 4.79 Å². The van der Waals surface area contributed by atoms with Gasteiger partial charge in [0.15, 0.2) is 0 Å². The second-order valence-corrected chi connectivity index (χ2v) is 4.26. The Bertz CT molecular complexity index is 312. The number of amides is 1. The Morgan fingerprint density at radius 2 is 2.38 bits per heavy atom. The maximum Gasteiger partial charge on any atom is 0.237 e. The molecule has 0 aromatic carbocycles. The van der Waals surface area contributed by atoms with Crippen LogP contribution in [-0.4, -0.2) is 55.2 Å². The average molecular weight is 226 g/mol. The molecule has 88 valence electrons. The van der Waals surface area contributed by atoms with Gasteiger partial charge in [-0.2, -0.15) is 5.26 Å². The van der Waals surface area contributed by atoms with Crippen molar-refractivity contribution < 1.29 is 9.18 Å². The van der Waals surface area contributed by atoms with Crippen LogP contribution in [0.3, 0.4) is 0 Å². The molecular weight excluding hydrogens is 211 g/mol. The normalized spacial score (nSPS) is 29.9. The molecule has 2 saturated heterocycles. The van der Waals surface area contributed by atoms with E-state index in [1.54, 1.807) is 0 Å². The Morgan fingerprint density at radius 1 is 1.62 bits per heavy atom. The molecule has 0 saturated carbocycles. The zero-order chi connectivity index (χ0) is 11.5. The van der Waals surface area contributed by atoms with Crippen LogP contribution < -0.4 is 10.6 Å². The summed E-state index contributed by atoms with van der Waals surface area (Å²) in [5.74, 6) is -0.182. The molecule has 0 aliphatic carbocycles. The Balaban J connectivity index is 1.81. The van der Waals surface area contributed by atoms with Crippen molar-refractivity contribution in [2.24, 2.45) is 0 Å². The van der Waals surface area contributed by atoms with Crippen LogP contribution in [0.2, 0.25) is 0 Å². The van der Waals surface area contributed by atoms with E-state index in [-0.39, 0.29) is 25.4 Å². The Hall–Kier alpha value is -1.19. The van der Waals surface area contributed by atoms with Crippen LogP contribution in [0.25, 0.3) is 0 Å². The van der Waals surface area contributed by atoms with Gasteiger partial charge in [-0.05, 0) is 0 Å². The number of halogens is 1. The summed E-state index contributed by atoms with van der Waals surface area (Å²) >= 11 is 0. The van der Waals surface area contributed by atoms with E-state index in [0.29, 0.717) is 6.04 Å². The Morgan fingerprint density at radius 3 is 2.94 bits per heavy atom. The number of hydrogen-bond acceptors (Lipinski definition) is 4. The highest BCUT2D eigenvalue weighted by atomic mass is 19.1. The summed E-state index contributed by atoms with van der Waals surface area (Å²) in [5.41, 5.74) is 0. The third kappa shape index (κ3) is 2.31. The van der Waals surface area contributed by atoms with Crippen molar-refractivity contribution in [1.29, 1.82) is 5.26 Å². The van der Waals surface area contributed by atoms with Gasteiger partial charge in [0.2, 0.25) is 5.91 Å². The van der Waals surface area contributed by atoms with Crippen molar-refractivity contribution in [3.63, 3.8) is 0 Å². The van der Waals surface area contributed by atoms with Gasteiger partial charge in [0.05, 0.1) is 19.2 Å². The lowest BCUT2D eigenvalue weighted by molar-refractivity contribution is -0.130. The summed E-state index contributed by atoms with van der Waals surface area (Å²) in [6.45, 7) is 1.97. The highest BCUT2D eigenvalue weighted by Crippen LogP contribution is 2.19. The number of carbonyl (C=O) groups excluding carboxylic acids is 1. The fraction of sp³-hybridized carbons (Fsp3) is 0.800. The summed E-state index contributed by atoms with van der Waals surface area (Å²) in [4.78, 5) is 13.1. The minimum absolute atomic E-state index is 0.0572. The molecule has 2 fully saturated rings. The lowest BCUT2D eigenvalue weighted by Gasteiger charge is -2.29. The zero-order valence-electron chi connectivity index (χ0n) is 8.95. The quantitative estimate of drug-likeness (QED) is 0.648. The predicted molar refractivity (Wildman–Crippen MR) is 55.3 cm³/mol. The number of rotatable bonds is 3. The number of nitriles is 1. The number of hydrogen-bond donors (Lipinski definition) is 2. The summed E-state index contributed by atoms with van der Waals surface area (Å²) in [6, 6.07) is 1.70. The van der Waals surface area contributed by atoms with Gasteiger partial charge < -0.3 is 15.5 Å². The molecule has 2 atom stereocenters. The van der Waals surface area contributed by atoms with E-state index < -0.39 is 12.2 Å². The molecule has 0 bridgehead atoms. The number of nitrogens with zero attached hydrogens (tertiary/aromatic N) is 2. The largest absolute Gasteiger partial charge is 0.323 e. The summed E-state index contributed by atoms with van der Waals surface area (Å²) < 4.78 is 13.1. The van der Waals surface area contributed by atoms with Gasteiger partial charge in [-0.15, -0.1) is 0 Å². The molecule has 0 spiro atoms. The molecule has 5 nitrogen and oxygen atoms in total. The molecule has 2 unspecified atom stereocenters. The van der Waals surface area contributed by atoms with E-state index >= 15 is 0 Å². The Kier molecular flexibility index (Phi) is 3.36. The van der Waals surface area contributed by atoms with Gasteiger partial charge in [-0.1, -0.05) is 0 Å². The third-order valence-corrected chi connectivity index (χ3v) is 3.04. The summed E-state index contributed by atoms with van der Waals surface area (Å²) in [7, 11) is 0. The maximum absolute atomic E-state index is 13.1. The second-order valence-electron chi connectivity index (χ2n) is 4.26. The Labute approximate surface area is 93.6 Å². The highest BCUT2D eigenvalue weighted by molar-refractivity contribution is 5.79. The van der Waals surface area contributed by atoms with Gasteiger partial charge >= 0.3 is 0 Å². The molecule has 2 heterocycles. The van der Waals surface area contributed by atoms with Crippen molar-refractivity contribution in [2.75, 3.05) is 26.2 Å². The van der Waals surface area contributed by atoms with Crippen LogP contribution in [0.1, 0.15) is 6.42 Å². The van der Waals surface area contributed by atoms with Crippen LogP contribution in [0, 0.1) is 11.3 Å². The minimum Gasteiger partial charge on any atom is -0.323 e. The van der Waals surface area contributed by atoms with Crippen LogP contribution in [0.5, 0.6) is 0 Å². The molecular formula is C10H15FN4O. The first-order valence-electron chi connectivity index (χ1n) is 5.48. The monoisotopic (exact) mass is 226 g/mol. The molecule has 2 aliphatic heterocycles. The molecule has 2 N–H and O–H groups in total. The van der Waals surface area contributed by atoms with Crippen molar-refractivity contribution in [3.05, 3.63) is 0 Å². The minimum atomic E-state index is -1.06. The van der Waals surface area contributed by atoms with Gasteiger partial charge in [-0.3, -0.25) is 4.79 Å².